The molecule has 0 aliphatic carbocycles. The van der Waals surface area contributed by atoms with Crippen LogP contribution in [0.4, 0.5) is 11.5 Å². The fourth-order valence-corrected chi connectivity index (χ4v) is 7.29. The number of phosphoric ester groups is 1. The highest BCUT2D eigenvalue weighted by Crippen LogP contribution is 2.66. The van der Waals surface area contributed by atoms with Crippen LogP contribution in [0.5, 0.6) is 0 Å². The average Bonchev–Trinajstić information content (AvgIpc) is 3.52. The molecule has 0 saturated carbocycles. The molecule has 0 spiro atoms. The molecular weight excluding hydrogens is 667 g/mol. The van der Waals surface area contributed by atoms with E-state index < -0.39 is 59.5 Å². The van der Waals surface area contributed by atoms with Crippen molar-refractivity contribution in [2.75, 3.05) is 18.5 Å². The van der Waals surface area contributed by atoms with Crippen molar-refractivity contribution >= 4 is 46.1 Å². The van der Waals surface area contributed by atoms with E-state index in [-0.39, 0.29) is 35.6 Å². The predicted molar refractivity (Wildman–Crippen MR) is 151 cm³/mol. The van der Waals surface area contributed by atoms with Crippen LogP contribution in [0.15, 0.2) is 30.9 Å². The van der Waals surface area contributed by atoms with Crippen molar-refractivity contribution in [3.63, 3.8) is 0 Å². The number of aliphatic hydroxyl groups excluding tert-OH is 1. The van der Waals surface area contributed by atoms with E-state index in [4.69, 9.17) is 20.3 Å². The molecule has 6 atom stereocenters. The lowest BCUT2D eigenvalue weighted by Gasteiger charge is -2.19. The van der Waals surface area contributed by atoms with Crippen LogP contribution in [-0.4, -0.2) is 74.5 Å². The molecule has 24 heteroatoms. The SMILES string of the molecule is CC(Nc1ncnc2c1ncn2[C@H]1C[C@H](O)[C@@H](COP(=O)(O)OP(=O)(O)OP(=O)(O)O)O1)c1ccc(C#CCN)cc1[N+](=O)[O-]. The second-order valence-electron chi connectivity index (χ2n) is 9.27. The number of nitro benzene ring substituents is 1. The molecule has 0 radical (unpaired) electrons. The number of anilines is 1. The van der Waals surface area contributed by atoms with Crippen molar-refractivity contribution in [3.05, 3.63) is 52.1 Å². The highest BCUT2D eigenvalue weighted by molar-refractivity contribution is 7.66. The maximum atomic E-state index is 12.0. The molecule has 1 fully saturated rings. The maximum absolute atomic E-state index is 12.0. The first-order valence-corrected chi connectivity index (χ1v) is 17.0. The zero-order valence-corrected chi connectivity index (χ0v) is 25.6. The number of nitro groups is 1. The average molecular weight is 693 g/mol. The molecule has 3 heterocycles. The van der Waals surface area contributed by atoms with Gasteiger partial charge in [0.05, 0.1) is 42.1 Å². The molecule has 4 rings (SSSR count). The van der Waals surface area contributed by atoms with Crippen molar-refractivity contribution in [1.29, 1.82) is 0 Å². The Morgan fingerprint density at radius 2 is 1.93 bits per heavy atom. The van der Waals surface area contributed by atoms with E-state index in [0.717, 1.165) is 0 Å². The summed E-state index contributed by atoms with van der Waals surface area (Å²) >= 11 is 0. The summed E-state index contributed by atoms with van der Waals surface area (Å²) in [6.07, 6.45) is -1.08. The standard InChI is InChI=1S/C21H26N7O14P3/c1-12(14-5-4-13(3-2-6-22)7-15(14)28(30)31)26-20-19-21(24-10-23-20)27(11-25-19)18-8-16(29)17(40-18)9-39-44(35,36)42-45(37,38)41-43(32,33)34/h4-5,7,10-12,16-18,29H,6,8-9,22H2,1H3,(H,35,36)(H,37,38)(H,23,24,26)(H2,32,33,34)/t12?,16-,17+,18+/m0/s1. The summed E-state index contributed by atoms with van der Waals surface area (Å²) in [4.78, 5) is 60.1. The number of nitrogens with two attached hydrogens (primary N) is 1. The predicted octanol–water partition coefficient (Wildman–Crippen LogP) is 1.21. The lowest BCUT2D eigenvalue weighted by atomic mass is 10.0. The fraction of sp³-hybridized carbons (Fsp3) is 0.381. The summed E-state index contributed by atoms with van der Waals surface area (Å²) in [5.74, 6) is 5.61. The third-order valence-electron chi connectivity index (χ3n) is 6.07. The smallest absolute Gasteiger partial charge is 0.390 e. The third-order valence-corrected chi connectivity index (χ3v) is 9.88. The summed E-state index contributed by atoms with van der Waals surface area (Å²) in [7, 11) is -16.7. The van der Waals surface area contributed by atoms with Crippen LogP contribution in [0, 0.1) is 22.0 Å². The molecule has 1 aliphatic heterocycles. The number of ether oxygens (including phenoxy) is 1. The van der Waals surface area contributed by atoms with Gasteiger partial charge in [0.2, 0.25) is 0 Å². The second kappa shape index (κ2) is 13.7. The Labute approximate surface area is 253 Å². The molecule has 1 aliphatic rings. The Kier molecular flexibility index (Phi) is 10.5. The number of fused-ring (bicyclic) bond motifs is 1. The molecule has 3 unspecified atom stereocenters. The second-order valence-corrected chi connectivity index (χ2v) is 13.7. The van der Waals surface area contributed by atoms with Crippen LogP contribution in [0.25, 0.3) is 11.2 Å². The van der Waals surface area contributed by atoms with Gasteiger partial charge in [-0.05, 0) is 19.1 Å². The van der Waals surface area contributed by atoms with Crippen molar-refractivity contribution in [2.45, 2.75) is 37.8 Å². The van der Waals surface area contributed by atoms with Gasteiger partial charge in [-0.3, -0.25) is 19.2 Å². The van der Waals surface area contributed by atoms with Crippen LogP contribution in [0.3, 0.4) is 0 Å². The molecule has 8 N–H and O–H groups in total. The fourth-order valence-electron chi connectivity index (χ4n) is 4.26. The monoisotopic (exact) mass is 693 g/mol. The molecule has 3 aromatic rings. The zero-order chi connectivity index (χ0) is 33.2. The lowest BCUT2D eigenvalue weighted by Crippen LogP contribution is -2.26. The first kappa shape index (κ1) is 34.7. The van der Waals surface area contributed by atoms with Crippen LogP contribution in [-0.2, 0) is 31.6 Å². The molecule has 1 saturated heterocycles. The minimum atomic E-state index is -5.72. The number of hydrogen-bond acceptors (Lipinski definition) is 15. The summed E-state index contributed by atoms with van der Waals surface area (Å²) in [6, 6.07) is 3.89. The minimum Gasteiger partial charge on any atom is -0.390 e. The molecule has 2 aromatic heterocycles. The van der Waals surface area contributed by atoms with E-state index in [1.165, 1.54) is 23.3 Å². The molecule has 0 bridgehead atoms. The van der Waals surface area contributed by atoms with Gasteiger partial charge in [-0.1, -0.05) is 11.8 Å². The maximum Gasteiger partial charge on any atom is 0.490 e. The van der Waals surface area contributed by atoms with E-state index in [9.17, 15) is 38.7 Å². The summed E-state index contributed by atoms with van der Waals surface area (Å²) < 4.78 is 53.3. The number of aromatic nitrogens is 4. The van der Waals surface area contributed by atoms with Crippen molar-refractivity contribution in [2.24, 2.45) is 5.73 Å². The lowest BCUT2D eigenvalue weighted by molar-refractivity contribution is -0.385. The van der Waals surface area contributed by atoms with Gasteiger partial charge in [-0.2, -0.15) is 8.62 Å². The highest BCUT2D eigenvalue weighted by atomic mass is 31.3. The highest BCUT2D eigenvalue weighted by Gasteiger charge is 2.43. The number of phosphoric acid groups is 3. The Bertz CT molecular complexity index is 1790. The largest absolute Gasteiger partial charge is 0.490 e. The van der Waals surface area contributed by atoms with Gasteiger partial charge in [0.1, 0.15) is 18.7 Å². The summed E-state index contributed by atoms with van der Waals surface area (Å²) in [5.41, 5.74) is 6.43. The molecule has 21 nitrogen and oxygen atoms in total. The van der Waals surface area contributed by atoms with Crippen molar-refractivity contribution in [1.82, 2.24) is 19.5 Å². The van der Waals surface area contributed by atoms with Crippen LogP contribution in [0.2, 0.25) is 0 Å². The quantitative estimate of drug-likeness (QED) is 0.0606. The number of nitrogens with zero attached hydrogens (tertiary/aromatic N) is 5. The minimum absolute atomic E-state index is 0.0926. The Morgan fingerprint density at radius 3 is 2.60 bits per heavy atom. The molecule has 0 amide bonds. The van der Waals surface area contributed by atoms with E-state index in [2.05, 4.69) is 45.3 Å². The Hall–Kier alpha value is -3.18. The molecule has 45 heavy (non-hydrogen) atoms. The van der Waals surface area contributed by atoms with Crippen molar-refractivity contribution < 1.29 is 61.2 Å². The van der Waals surface area contributed by atoms with Gasteiger partial charge >= 0.3 is 23.5 Å². The number of nitrogens with one attached hydrogen (secondary N) is 1. The molecule has 244 valence electrons. The Morgan fingerprint density at radius 1 is 1.20 bits per heavy atom. The van der Waals surface area contributed by atoms with E-state index >= 15 is 0 Å². The number of hydrogen-bond donors (Lipinski definition) is 7. The topological polar surface area (TPSA) is 314 Å². The van der Waals surface area contributed by atoms with E-state index in [1.54, 1.807) is 19.1 Å². The zero-order valence-electron chi connectivity index (χ0n) is 22.9. The van der Waals surface area contributed by atoms with E-state index in [1.807, 2.05) is 0 Å². The van der Waals surface area contributed by atoms with Gasteiger partial charge in [-0.15, -0.1) is 0 Å². The Balaban J connectivity index is 1.47. The van der Waals surface area contributed by atoms with Gasteiger partial charge in [0, 0.05) is 18.1 Å². The molecular formula is C21H26N7O14P3. The normalized spacial score (nSPS) is 21.8. The van der Waals surface area contributed by atoms with Gasteiger partial charge in [-0.25, -0.2) is 28.6 Å². The summed E-state index contributed by atoms with van der Waals surface area (Å²) in [6.45, 7) is 0.914. The first-order valence-electron chi connectivity index (χ1n) is 12.5. The van der Waals surface area contributed by atoms with Crippen LogP contribution in [0.1, 0.15) is 36.7 Å². The van der Waals surface area contributed by atoms with Crippen LogP contribution >= 0.6 is 23.5 Å². The molecule has 1 aromatic carbocycles. The number of imidazole rings is 1. The van der Waals surface area contributed by atoms with Gasteiger partial charge in [0.15, 0.2) is 17.0 Å². The summed E-state index contributed by atoms with van der Waals surface area (Å²) in [5, 5.41) is 25.3. The first-order chi connectivity index (χ1) is 21.0. The van der Waals surface area contributed by atoms with Crippen molar-refractivity contribution in [3.8, 4) is 11.8 Å². The number of rotatable bonds is 12. The third kappa shape index (κ3) is 8.97. The number of benzene rings is 1. The van der Waals surface area contributed by atoms with E-state index in [0.29, 0.717) is 11.1 Å². The van der Waals surface area contributed by atoms with Crippen LogP contribution < -0.4 is 11.1 Å². The van der Waals surface area contributed by atoms with Gasteiger partial charge in [0.25, 0.3) is 5.69 Å². The number of aliphatic hydroxyl groups is 1. The van der Waals surface area contributed by atoms with Gasteiger partial charge < -0.3 is 40.5 Å².